The minimum Gasteiger partial charge on any atom is -0.347 e. The van der Waals surface area contributed by atoms with Crippen LogP contribution in [0.15, 0.2) is 23.1 Å². The molecule has 1 spiro atoms. The highest BCUT2D eigenvalue weighted by Crippen LogP contribution is 2.33. The van der Waals surface area contributed by atoms with Crippen LogP contribution in [0.25, 0.3) is 0 Å². The Labute approximate surface area is 144 Å². The molecule has 1 amide bonds. The van der Waals surface area contributed by atoms with Crippen molar-refractivity contribution in [1.82, 2.24) is 4.90 Å². The van der Waals surface area contributed by atoms with Crippen LogP contribution in [0.5, 0.6) is 0 Å². The molecule has 4 nitrogen and oxygen atoms in total. The molecule has 3 rings (SSSR count). The third-order valence-corrected chi connectivity index (χ3v) is 5.65. The van der Waals surface area contributed by atoms with Crippen molar-refractivity contribution in [3.8, 4) is 0 Å². The monoisotopic (exact) mass is 361 g/mol. The van der Waals surface area contributed by atoms with Crippen LogP contribution >= 0.6 is 35.0 Å². The van der Waals surface area contributed by atoms with Crippen molar-refractivity contribution in [2.45, 2.75) is 23.5 Å². The molecule has 0 atom stereocenters. The number of rotatable bonds is 3. The van der Waals surface area contributed by atoms with Crippen LogP contribution in [0.2, 0.25) is 10.0 Å². The number of halogens is 2. The maximum Gasteiger partial charge on any atom is 0.232 e. The highest BCUT2D eigenvalue weighted by molar-refractivity contribution is 8.00. The van der Waals surface area contributed by atoms with Gasteiger partial charge in [-0.2, -0.15) is 0 Å². The first-order valence-electron chi connectivity index (χ1n) is 7.22. The van der Waals surface area contributed by atoms with Crippen LogP contribution in [0.3, 0.4) is 0 Å². The molecule has 0 saturated carbocycles. The zero-order valence-electron chi connectivity index (χ0n) is 12.0. The summed E-state index contributed by atoms with van der Waals surface area (Å²) in [5.41, 5.74) is 0. The molecule has 0 bridgehead atoms. The second-order valence-electron chi connectivity index (χ2n) is 5.35. The number of piperidine rings is 1. The second-order valence-corrected chi connectivity index (χ2v) is 7.21. The molecule has 1 aromatic carbocycles. The molecule has 2 aliphatic heterocycles. The maximum absolute atomic E-state index is 12.3. The van der Waals surface area contributed by atoms with Crippen LogP contribution in [0.1, 0.15) is 12.8 Å². The number of nitrogens with zero attached hydrogens (tertiary/aromatic N) is 1. The van der Waals surface area contributed by atoms with Crippen molar-refractivity contribution in [3.63, 3.8) is 0 Å². The lowest BCUT2D eigenvalue weighted by atomic mass is 10.0. The van der Waals surface area contributed by atoms with E-state index in [0.29, 0.717) is 42.1 Å². The molecule has 2 aliphatic rings. The molecule has 2 fully saturated rings. The molecule has 0 unspecified atom stereocenters. The van der Waals surface area contributed by atoms with E-state index in [2.05, 4.69) is 0 Å². The minimum atomic E-state index is -0.444. The Bertz CT molecular complexity index is 554. The fraction of sp³-hybridized carbons (Fsp3) is 0.533. The SMILES string of the molecule is O=C(CSc1cc(Cl)ccc1Cl)N1CCC2(CC1)OCCO2. The van der Waals surface area contributed by atoms with Crippen LogP contribution < -0.4 is 0 Å². The van der Waals surface area contributed by atoms with Gasteiger partial charge in [0.2, 0.25) is 5.91 Å². The summed E-state index contributed by atoms with van der Waals surface area (Å²) in [5.74, 6) is 0.0171. The average Bonchev–Trinajstić information content (AvgIpc) is 2.97. The summed E-state index contributed by atoms with van der Waals surface area (Å²) in [5, 5.41) is 1.24. The number of benzene rings is 1. The van der Waals surface area contributed by atoms with E-state index in [4.69, 9.17) is 32.7 Å². The zero-order chi connectivity index (χ0) is 15.6. The van der Waals surface area contributed by atoms with Gasteiger partial charge in [0.25, 0.3) is 0 Å². The quantitative estimate of drug-likeness (QED) is 0.772. The highest BCUT2D eigenvalue weighted by Gasteiger charge is 2.40. The van der Waals surface area contributed by atoms with Gasteiger partial charge in [0.1, 0.15) is 0 Å². The van der Waals surface area contributed by atoms with E-state index in [1.807, 2.05) is 4.90 Å². The Balaban J connectivity index is 1.51. The van der Waals surface area contributed by atoms with Crippen LogP contribution in [-0.2, 0) is 14.3 Å². The Morgan fingerprint density at radius 3 is 2.59 bits per heavy atom. The number of carbonyl (C=O) groups excluding carboxylic acids is 1. The van der Waals surface area contributed by atoms with Crippen LogP contribution in [0.4, 0.5) is 0 Å². The Morgan fingerprint density at radius 2 is 1.91 bits per heavy atom. The van der Waals surface area contributed by atoms with Crippen molar-refractivity contribution in [3.05, 3.63) is 28.2 Å². The fourth-order valence-corrected chi connectivity index (χ4v) is 4.10. The number of likely N-dealkylation sites (tertiary alicyclic amines) is 1. The van der Waals surface area contributed by atoms with Gasteiger partial charge in [0.15, 0.2) is 5.79 Å². The summed E-state index contributed by atoms with van der Waals surface area (Å²) in [6, 6.07) is 5.27. The summed E-state index contributed by atoms with van der Waals surface area (Å²) in [6.45, 7) is 2.64. The number of hydrogen-bond acceptors (Lipinski definition) is 4. The van der Waals surface area contributed by atoms with Crippen molar-refractivity contribution < 1.29 is 14.3 Å². The Hall–Kier alpha value is -0.460. The molecule has 2 saturated heterocycles. The normalized spacial score (nSPS) is 20.5. The number of thioether (sulfide) groups is 1. The maximum atomic E-state index is 12.3. The standard InChI is InChI=1S/C15H17Cl2NO3S/c16-11-1-2-12(17)13(9-11)22-10-14(19)18-5-3-15(4-6-18)20-7-8-21-15/h1-2,9H,3-8,10H2. The molecule has 7 heteroatoms. The molecule has 0 aromatic heterocycles. The summed E-state index contributed by atoms with van der Waals surface area (Å²) < 4.78 is 11.3. The van der Waals surface area contributed by atoms with Crippen molar-refractivity contribution in [1.29, 1.82) is 0 Å². The van der Waals surface area contributed by atoms with E-state index in [0.717, 1.165) is 17.7 Å². The largest absolute Gasteiger partial charge is 0.347 e. The lowest BCUT2D eigenvalue weighted by Crippen LogP contribution is -2.47. The van der Waals surface area contributed by atoms with E-state index < -0.39 is 5.79 Å². The van der Waals surface area contributed by atoms with Gasteiger partial charge in [-0.1, -0.05) is 23.2 Å². The van der Waals surface area contributed by atoms with Gasteiger partial charge in [-0.25, -0.2) is 0 Å². The second kappa shape index (κ2) is 6.97. The smallest absolute Gasteiger partial charge is 0.232 e. The van der Waals surface area contributed by atoms with E-state index >= 15 is 0 Å². The number of amides is 1. The third kappa shape index (κ3) is 3.71. The topological polar surface area (TPSA) is 38.8 Å². The highest BCUT2D eigenvalue weighted by atomic mass is 35.5. The summed E-state index contributed by atoms with van der Waals surface area (Å²) >= 11 is 13.5. The third-order valence-electron chi connectivity index (χ3n) is 3.94. The zero-order valence-corrected chi connectivity index (χ0v) is 14.3. The van der Waals surface area contributed by atoms with Gasteiger partial charge in [-0.05, 0) is 18.2 Å². The molecule has 0 radical (unpaired) electrons. The average molecular weight is 362 g/mol. The molecular formula is C15H17Cl2NO3S. The van der Waals surface area contributed by atoms with Gasteiger partial charge < -0.3 is 14.4 Å². The van der Waals surface area contributed by atoms with Gasteiger partial charge in [0, 0.05) is 35.8 Å². The van der Waals surface area contributed by atoms with E-state index in [-0.39, 0.29) is 5.91 Å². The van der Waals surface area contributed by atoms with Gasteiger partial charge in [-0.3, -0.25) is 4.79 Å². The predicted octanol–water partition coefficient (Wildman–Crippen LogP) is 3.45. The molecule has 0 N–H and O–H groups in total. The van der Waals surface area contributed by atoms with Crippen molar-refractivity contribution in [2.75, 3.05) is 32.1 Å². The summed E-state index contributed by atoms with van der Waals surface area (Å²) in [7, 11) is 0. The van der Waals surface area contributed by atoms with Crippen molar-refractivity contribution in [2.24, 2.45) is 0 Å². The first kappa shape index (κ1) is 16.4. The minimum absolute atomic E-state index is 0.105. The molecular weight excluding hydrogens is 345 g/mol. The summed E-state index contributed by atoms with van der Waals surface area (Å²) in [4.78, 5) is 15.0. The number of ether oxygens (including phenoxy) is 2. The first-order chi connectivity index (χ1) is 10.6. The summed E-state index contributed by atoms with van der Waals surface area (Å²) in [6.07, 6.45) is 1.47. The van der Waals surface area contributed by atoms with E-state index in [1.165, 1.54) is 11.8 Å². The van der Waals surface area contributed by atoms with E-state index in [1.54, 1.807) is 18.2 Å². The number of hydrogen-bond donors (Lipinski definition) is 0. The van der Waals surface area contributed by atoms with Crippen LogP contribution in [-0.4, -0.2) is 48.7 Å². The molecule has 22 heavy (non-hydrogen) atoms. The fourth-order valence-electron chi connectivity index (χ4n) is 2.70. The first-order valence-corrected chi connectivity index (χ1v) is 8.96. The van der Waals surface area contributed by atoms with Crippen LogP contribution in [0, 0.1) is 0 Å². The molecule has 0 aliphatic carbocycles. The molecule has 1 aromatic rings. The number of carbonyl (C=O) groups is 1. The Morgan fingerprint density at radius 1 is 1.23 bits per heavy atom. The Kier molecular flexibility index (Phi) is 5.20. The lowest BCUT2D eigenvalue weighted by Gasteiger charge is -2.37. The predicted molar refractivity (Wildman–Crippen MR) is 87.6 cm³/mol. The van der Waals surface area contributed by atoms with Gasteiger partial charge in [0.05, 0.1) is 24.0 Å². The van der Waals surface area contributed by atoms with Crippen molar-refractivity contribution >= 4 is 40.9 Å². The molecule has 2 heterocycles. The van der Waals surface area contributed by atoms with E-state index in [9.17, 15) is 4.79 Å². The van der Waals surface area contributed by atoms with Gasteiger partial charge in [-0.15, -0.1) is 11.8 Å². The lowest BCUT2D eigenvalue weighted by molar-refractivity contribution is -0.186. The van der Waals surface area contributed by atoms with Gasteiger partial charge >= 0.3 is 0 Å². The molecule has 120 valence electrons.